The second-order valence-corrected chi connectivity index (χ2v) is 17.3. The molecular weight excluding hydrogens is 747 g/mol. The van der Waals surface area contributed by atoms with Gasteiger partial charge in [0.2, 0.25) is 17.5 Å². The summed E-state index contributed by atoms with van der Waals surface area (Å²) in [7, 11) is 0. The molecule has 306 valence electrons. The number of hydrogen-bond donors (Lipinski definition) is 1. The Hall–Kier alpha value is -5.81. The van der Waals surface area contributed by atoms with Gasteiger partial charge in [0.15, 0.2) is 0 Å². The lowest BCUT2D eigenvalue weighted by atomic mass is 9.77. The molecule has 1 N–H and O–H groups in total. The number of amides is 5. The van der Waals surface area contributed by atoms with E-state index in [0.717, 1.165) is 137 Å². The van der Waals surface area contributed by atoms with E-state index >= 15 is 0 Å². The van der Waals surface area contributed by atoms with E-state index in [1.54, 1.807) is 12.1 Å². The molecule has 3 aromatic rings. The molecule has 1 aromatic heterocycles. The highest BCUT2D eigenvalue weighted by Gasteiger charge is 2.45. The van der Waals surface area contributed by atoms with Gasteiger partial charge in [0.05, 0.1) is 17.7 Å². The average molecular weight is 798 g/mol. The summed E-state index contributed by atoms with van der Waals surface area (Å²) in [4.78, 5) is 85.0. The molecule has 9 rings (SSSR count). The van der Waals surface area contributed by atoms with Crippen LogP contribution in [0, 0.1) is 24.8 Å². The maximum atomic E-state index is 13.6. The number of imide groups is 2. The summed E-state index contributed by atoms with van der Waals surface area (Å²) in [5, 5.41) is 2.25. The van der Waals surface area contributed by atoms with E-state index < -0.39 is 23.8 Å². The highest BCUT2D eigenvalue weighted by Crippen LogP contribution is 2.42. The molecule has 1 spiro atoms. The minimum absolute atomic E-state index is 0.0984. The Balaban J connectivity index is 0.713. The molecule has 6 aliphatic rings. The van der Waals surface area contributed by atoms with Crippen molar-refractivity contribution in [3.8, 4) is 0 Å². The number of carbonyl (C=O) groups excluding carboxylic acids is 5. The van der Waals surface area contributed by atoms with Gasteiger partial charge in [0.1, 0.15) is 11.9 Å². The van der Waals surface area contributed by atoms with Crippen molar-refractivity contribution in [2.24, 2.45) is 11.3 Å². The van der Waals surface area contributed by atoms with Crippen LogP contribution in [0.25, 0.3) is 4.85 Å². The van der Waals surface area contributed by atoms with Crippen LogP contribution in [0.2, 0.25) is 0 Å². The number of aryl methyl sites for hydroxylation is 1. The molecule has 2 aromatic carbocycles. The molecule has 7 heterocycles. The lowest BCUT2D eigenvalue weighted by molar-refractivity contribution is -0.136. The first kappa shape index (κ1) is 38.7. The Kier molecular flexibility index (Phi) is 10.3. The van der Waals surface area contributed by atoms with Crippen molar-refractivity contribution in [1.82, 2.24) is 25.0 Å². The number of pyridine rings is 1. The molecule has 1 unspecified atom stereocenters. The number of aromatic nitrogens is 1. The normalized spacial score (nSPS) is 22.6. The van der Waals surface area contributed by atoms with Gasteiger partial charge in [-0.1, -0.05) is 6.07 Å². The molecule has 14 heteroatoms. The molecule has 5 fully saturated rings. The molecule has 1 atom stereocenters. The summed E-state index contributed by atoms with van der Waals surface area (Å²) in [5.41, 5.74) is 5.02. The third-order valence-corrected chi connectivity index (χ3v) is 13.8. The van der Waals surface area contributed by atoms with E-state index in [-0.39, 0.29) is 30.1 Å². The van der Waals surface area contributed by atoms with Gasteiger partial charge in [-0.3, -0.25) is 39.1 Å². The first-order valence-corrected chi connectivity index (χ1v) is 21.2. The molecule has 0 radical (unpaired) electrons. The molecule has 59 heavy (non-hydrogen) atoms. The average Bonchev–Trinajstić information content (AvgIpc) is 3.78. The SMILES string of the molecule is [C-]#[N+]c1ccc(N2CCC3(CCN(C(=O)c4ccc(N5CCN(CC6CCN(c7ccc8c(c7)C(=O)N(C7CCC(=O)NC7=O)C8=O)CC6)CC5)cc4)CC3)C2)nc1C. The van der Waals surface area contributed by atoms with Crippen LogP contribution < -0.4 is 20.0 Å². The minimum Gasteiger partial charge on any atom is -0.371 e. The van der Waals surface area contributed by atoms with Crippen molar-refractivity contribution in [3.63, 3.8) is 0 Å². The first-order chi connectivity index (χ1) is 28.6. The molecule has 0 aliphatic carbocycles. The van der Waals surface area contributed by atoms with Crippen molar-refractivity contribution in [2.75, 3.05) is 86.7 Å². The number of piperidine rings is 3. The Morgan fingerprint density at radius 3 is 2.15 bits per heavy atom. The fraction of sp³-hybridized carbons (Fsp3) is 0.489. The minimum atomic E-state index is -0.965. The number of piperazine rings is 1. The molecule has 0 saturated carbocycles. The Morgan fingerprint density at radius 2 is 1.46 bits per heavy atom. The fourth-order valence-electron chi connectivity index (χ4n) is 10.1. The van der Waals surface area contributed by atoms with E-state index in [4.69, 9.17) is 11.6 Å². The van der Waals surface area contributed by atoms with Crippen LogP contribution in [0.4, 0.5) is 22.9 Å². The van der Waals surface area contributed by atoms with Crippen molar-refractivity contribution < 1.29 is 24.0 Å². The second kappa shape index (κ2) is 15.7. The van der Waals surface area contributed by atoms with Crippen molar-refractivity contribution >= 4 is 52.4 Å². The summed E-state index contributed by atoms with van der Waals surface area (Å²) in [6, 6.07) is 16.4. The van der Waals surface area contributed by atoms with Gasteiger partial charge in [-0.25, -0.2) is 9.83 Å². The van der Waals surface area contributed by atoms with Crippen molar-refractivity contribution in [1.29, 1.82) is 0 Å². The topological polar surface area (TPSA) is 134 Å². The van der Waals surface area contributed by atoms with Gasteiger partial charge in [-0.15, -0.1) is 0 Å². The zero-order valence-electron chi connectivity index (χ0n) is 33.7. The molecule has 5 amide bonds. The fourth-order valence-corrected chi connectivity index (χ4v) is 10.1. The standard InChI is InChI=1S/C45H51N9O5/c1-30-37(46-2)9-11-39(47-30)53-22-17-45(29-53)15-20-52(21-16-45)42(57)32-3-5-33(6-4-32)51-25-23-49(24-26-51)28-31-13-18-50(19-14-31)34-7-8-35-36(27-34)44(59)54(43(35)58)38-10-12-40(55)48-41(38)56/h3-9,11,27,31,38H,10,12-26,28-29H2,1H3,(H,48,55,56). The predicted molar refractivity (Wildman–Crippen MR) is 223 cm³/mol. The Labute approximate surface area is 344 Å². The van der Waals surface area contributed by atoms with Gasteiger partial charge >= 0.3 is 0 Å². The lowest BCUT2D eigenvalue weighted by Gasteiger charge is -2.40. The molecule has 6 aliphatic heterocycles. The number of likely N-dealkylation sites (tertiary alicyclic amines) is 1. The molecule has 0 bridgehead atoms. The van der Waals surface area contributed by atoms with Crippen molar-refractivity contribution in [2.45, 2.75) is 57.9 Å². The quantitative estimate of drug-likeness (QED) is 0.269. The van der Waals surface area contributed by atoms with Crippen LogP contribution in [-0.4, -0.2) is 127 Å². The zero-order valence-corrected chi connectivity index (χ0v) is 33.7. The number of rotatable bonds is 7. The van der Waals surface area contributed by atoms with Gasteiger partial charge < -0.3 is 19.6 Å². The first-order valence-electron chi connectivity index (χ1n) is 21.2. The monoisotopic (exact) mass is 797 g/mol. The largest absolute Gasteiger partial charge is 0.371 e. The van der Waals surface area contributed by atoms with Crippen LogP contribution in [0.3, 0.4) is 0 Å². The van der Waals surface area contributed by atoms with Gasteiger partial charge in [0.25, 0.3) is 17.7 Å². The predicted octanol–water partition coefficient (Wildman–Crippen LogP) is 4.51. The molecule has 14 nitrogen and oxygen atoms in total. The summed E-state index contributed by atoms with van der Waals surface area (Å²) in [6.07, 6.45) is 5.40. The van der Waals surface area contributed by atoms with E-state index in [1.807, 2.05) is 42.2 Å². The maximum absolute atomic E-state index is 13.6. The zero-order chi connectivity index (χ0) is 40.8. The number of anilines is 3. The number of nitrogens with one attached hydrogen (secondary N) is 1. The van der Waals surface area contributed by atoms with E-state index in [9.17, 15) is 24.0 Å². The highest BCUT2D eigenvalue weighted by atomic mass is 16.2. The molecular formula is C45H51N9O5. The third-order valence-electron chi connectivity index (χ3n) is 13.8. The Morgan fingerprint density at radius 1 is 0.780 bits per heavy atom. The summed E-state index contributed by atoms with van der Waals surface area (Å²) in [5.74, 6) is -0.305. The number of carbonyl (C=O) groups is 5. The van der Waals surface area contributed by atoms with Gasteiger partial charge in [0, 0.05) is 101 Å². The van der Waals surface area contributed by atoms with Gasteiger partial charge in [-0.05, 0) is 105 Å². The van der Waals surface area contributed by atoms with E-state index in [0.29, 0.717) is 22.7 Å². The van der Waals surface area contributed by atoms with Crippen LogP contribution >= 0.6 is 0 Å². The number of fused-ring (bicyclic) bond motifs is 1. The van der Waals surface area contributed by atoms with Crippen LogP contribution in [0.15, 0.2) is 54.6 Å². The van der Waals surface area contributed by atoms with E-state index in [2.05, 4.69) is 41.9 Å². The summed E-state index contributed by atoms with van der Waals surface area (Å²) in [6.45, 7) is 19.3. The van der Waals surface area contributed by atoms with E-state index in [1.165, 1.54) is 0 Å². The summed E-state index contributed by atoms with van der Waals surface area (Å²) >= 11 is 0. The number of nitrogens with zero attached hydrogens (tertiary/aromatic N) is 8. The molecule has 5 saturated heterocycles. The number of hydrogen-bond acceptors (Lipinski definition) is 10. The van der Waals surface area contributed by atoms with Gasteiger partial charge in [-0.2, -0.15) is 0 Å². The highest BCUT2D eigenvalue weighted by molar-refractivity contribution is 6.23. The third kappa shape index (κ3) is 7.52. The smallest absolute Gasteiger partial charge is 0.262 e. The second-order valence-electron chi connectivity index (χ2n) is 17.3. The van der Waals surface area contributed by atoms with Crippen LogP contribution in [0.5, 0.6) is 0 Å². The number of benzene rings is 2. The van der Waals surface area contributed by atoms with Crippen molar-refractivity contribution in [3.05, 3.63) is 88.4 Å². The maximum Gasteiger partial charge on any atom is 0.262 e. The lowest BCUT2D eigenvalue weighted by Crippen LogP contribution is -2.54. The Bertz CT molecular complexity index is 2210. The van der Waals surface area contributed by atoms with Crippen LogP contribution in [-0.2, 0) is 9.59 Å². The summed E-state index contributed by atoms with van der Waals surface area (Å²) < 4.78 is 0. The van der Waals surface area contributed by atoms with Crippen LogP contribution in [0.1, 0.15) is 81.7 Å².